The third-order valence-electron chi connectivity index (χ3n) is 6.01. The molecule has 0 saturated heterocycles. The van der Waals surface area contributed by atoms with Crippen LogP contribution in [0.3, 0.4) is 0 Å². The second-order valence-corrected chi connectivity index (χ2v) is 9.20. The first-order valence-corrected chi connectivity index (χ1v) is 12.6. The van der Waals surface area contributed by atoms with E-state index in [1.54, 1.807) is 4.57 Å². The molecule has 1 N–H and O–H groups in total. The zero-order valence-corrected chi connectivity index (χ0v) is 20.7. The van der Waals surface area contributed by atoms with E-state index in [2.05, 4.69) is 22.1 Å². The predicted octanol–water partition coefficient (Wildman–Crippen LogP) is 2.64. The Balaban J connectivity index is 1.40. The molecule has 0 saturated carbocycles. The number of rotatable bonds is 8. The number of para-hydroxylation sites is 2. The van der Waals surface area contributed by atoms with Crippen LogP contribution in [-0.2, 0) is 25.9 Å². The van der Waals surface area contributed by atoms with Crippen molar-refractivity contribution in [2.24, 2.45) is 7.05 Å². The molecule has 0 aliphatic carbocycles. The highest BCUT2D eigenvalue weighted by Crippen LogP contribution is 2.36. The zero-order chi connectivity index (χ0) is 24.5. The summed E-state index contributed by atoms with van der Waals surface area (Å²) >= 11 is 1.46. The molecule has 0 bridgehead atoms. The number of imidazole rings is 1. The molecule has 0 amide bonds. The van der Waals surface area contributed by atoms with E-state index in [0.717, 1.165) is 12.8 Å². The van der Waals surface area contributed by atoms with Crippen LogP contribution in [0.2, 0.25) is 0 Å². The number of fused-ring (bicyclic) bond motifs is 2. The highest BCUT2D eigenvalue weighted by atomic mass is 32.2. The molecule has 1 aliphatic rings. The van der Waals surface area contributed by atoms with Crippen molar-refractivity contribution in [1.29, 1.82) is 0 Å². The minimum Gasteiger partial charge on any atom is -0.485 e. The van der Waals surface area contributed by atoms with E-state index in [-0.39, 0.29) is 6.10 Å². The largest absolute Gasteiger partial charge is 0.485 e. The molecule has 4 heterocycles. The smallest absolute Gasteiger partial charge is 0.330 e. The molecule has 1 aliphatic heterocycles. The number of hydrogen-bond acceptors (Lipinski definition) is 8. The summed E-state index contributed by atoms with van der Waals surface area (Å²) in [5, 5.41) is 9.37. The van der Waals surface area contributed by atoms with Crippen LogP contribution in [0.25, 0.3) is 11.2 Å². The monoisotopic (exact) mass is 497 g/mol. The van der Waals surface area contributed by atoms with Gasteiger partial charge in [-0.1, -0.05) is 37.2 Å². The Hall–Kier alpha value is -3.54. The van der Waals surface area contributed by atoms with Gasteiger partial charge >= 0.3 is 5.69 Å². The molecule has 1 aromatic carbocycles. The number of aryl methyl sites for hydroxylation is 2. The first-order chi connectivity index (χ1) is 17.0. The van der Waals surface area contributed by atoms with Gasteiger partial charge in [0, 0.05) is 20.1 Å². The number of benzene rings is 1. The molecule has 4 aromatic rings. The lowest BCUT2D eigenvalue weighted by Gasteiger charge is -2.25. The lowest BCUT2D eigenvalue weighted by Crippen LogP contribution is -2.31. The molecule has 11 nitrogen and oxygen atoms in total. The lowest BCUT2D eigenvalue weighted by molar-refractivity contribution is 0.0825. The van der Waals surface area contributed by atoms with Crippen LogP contribution < -0.4 is 20.7 Å². The molecule has 0 radical (unpaired) electrons. The van der Waals surface area contributed by atoms with Gasteiger partial charge in [-0.25, -0.2) is 9.78 Å². The van der Waals surface area contributed by atoms with Crippen LogP contribution >= 0.6 is 11.8 Å². The second kappa shape index (κ2) is 9.61. The van der Waals surface area contributed by atoms with Gasteiger partial charge in [-0.3, -0.25) is 14.3 Å². The molecular formula is C23H27N7O4S. The number of thioether (sulfide) groups is 1. The third kappa shape index (κ3) is 4.22. The Labute approximate surface area is 205 Å². The van der Waals surface area contributed by atoms with E-state index in [1.807, 2.05) is 47.4 Å². The van der Waals surface area contributed by atoms with E-state index >= 15 is 0 Å². The van der Waals surface area contributed by atoms with Gasteiger partial charge in [-0.2, -0.15) is 0 Å². The average molecular weight is 498 g/mol. The van der Waals surface area contributed by atoms with Gasteiger partial charge in [0.15, 0.2) is 39.7 Å². The predicted molar refractivity (Wildman–Crippen MR) is 131 cm³/mol. The summed E-state index contributed by atoms with van der Waals surface area (Å²) in [5.74, 6) is 3.21. The fourth-order valence-electron chi connectivity index (χ4n) is 4.20. The number of unbranched alkanes of at least 4 members (excludes halogenated alkanes) is 1. The Bertz CT molecular complexity index is 1490. The van der Waals surface area contributed by atoms with Crippen molar-refractivity contribution in [2.45, 2.75) is 56.8 Å². The summed E-state index contributed by atoms with van der Waals surface area (Å²) in [4.78, 5) is 32.2. The topological polar surface area (TPSA) is 122 Å². The summed E-state index contributed by atoms with van der Waals surface area (Å²) in [6, 6.07) is 7.54. The maximum absolute atomic E-state index is 12.6. The summed E-state index contributed by atoms with van der Waals surface area (Å²) in [5.41, 5.74) is 0.00254. The molecule has 1 atom stereocenters. The Morgan fingerprint density at radius 3 is 2.71 bits per heavy atom. The van der Waals surface area contributed by atoms with Crippen molar-refractivity contribution < 1.29 is 9.47 Å². The molecule has 0 fully saturated rings. The molecule has 5 rings (SSSR count). The average Bonchev–Trinajstić information content (AvgIpc) is 3.42. The molecule has 0 unspecified atom stereocenters. The van der Waals surface area contributed by atoms with Gasteiger partial charge in [0.25, 0.3) is 5.56 Å². The van der Waals surface area contributed by atoms with Gasteiger partial charge in [-0.05, 0) is 25.5 Å². The van der Waals surface area contributed by atoms with E-state index < -0.39 is 11.2 Å². The number of nitrogens with zero attached hydrogens (tertiary/aromatic N) is 6. The minimum atomic E-state index is -0.426. The first kappa shape index (κ1) is 23.2. The number of nitrogens with one attached hydrogen (secondary N) is 1. The summed E-state index contributed by atoms with van der Waals surface area (Å²) in [7, 11) is 1.89. The van der Waals surface area contributed by atoms with E-state index in [0.29, 0.717) is 64.9 Å². The van der Waals surface area contributed by atoms with Crippen molar-refractivity contribution in [3.8, 4) is 11.5 Å². The SMILES string of the molecule is CCCCn1c(=O)[nH]c(=O)c2c1nc(CSc1nnc([C@H]3COc4ccccc4O3)n1C)n2CC. The van der Waals surface area contributed by atoms with Crippen molar-refractivity contribution in [1.82, 2.24) is 33.9 Å². The molecule has 0 spiro atoms. The van der Waals surface area contributed by atoms with Gasteiger partial charge in [0.2, 0.25) is 0 Å². The van der Waals surface area contributed by atoms with Crippen LogP contribution in [0.4, 0.5) is 0 Å². The molecule has 3 aromatic heterocycles. The normalized spacial score (nSPS) is 15.1. The number of H-pyrrole nitrogens is 1. The molecular weight excluding hydrogens is 470 g/mol. The van der Waals surface area contributed by atoms with Gasteiger partial charge in [0.1, 0.15) is 12.4 Å². The fraction of sp³-hybridized carbons (Fsp3) is 0.435. The second-order valence-electron chi connectivity index (χ2n) is 8.26. The number of aromatic nitrogens is 7. The number of aromatic amines is 1. The number of hydrogen-bond donors (Lipinski definition) is 1. The van der Waals surface area contributed by atoms with E-state index in [1.165, 1.54) is 11.8 Å². The lowest BCUT2D eigenvalue weighted by atomic mass is 10.2. The Morgan fingerprint density at radius 1 is 1.14 bits per heavy atom. The van der Waals surface area contributed by atoms with Crippen LogP contribution in [0.5, 0.6) is 11.5 Å². The quantitative estimate of drug-likeness (QED) is 0.369. The minimum absolute atomic E-state index is 0.345. The van der Waals surface area contributed by atoms with Crippen LogP contribution in [0.15, 0.2) is 39.0 Å². The first-order valence-electron chi connectivity index (χ1n) is 11.6. The van der Waals surface area contributed by atoms with Crippen molar-refractivity contribution in [3.63, 3.8) is 0 Å². The zero-order valence-electron chi connectivity index (χ0n) is 19.9. The standard InChI is InChI=1S/C23H27N7O4S/c1-4-6-11-30-20-18(21(31)25-22(30)32)29(5-2)17(24-20)13-35-23-27-26-19(28(23)3)16-12-33-14-9-7-8-10-15(14)34-16/h7-10,16H,4-6,11-13H2,1-3H3,(H,25,31,32)/t16-/m1/s1. The summed E-state index contributed by atoms with van der Waals surface area (Å²) < 4.78 is 17.2. The highest BCUT2D eigenvalue weighted by molar-refractivity contribution is 7.98. The maximum Gasteiger partial charge on any atom is 0.330 e. The van der Waals surface area contributed by atoms with Gasteiger partial charge < -0.3 is 18.6 Å². The Kier molecular flexibility index (Phi) is 6.37. The Morgan fingerprint density at radius 2 is 1.94 bits per heavy atom. The number of ether oxygens (including phenoxy) is 2. The van der Waals surface area contributed by atoms with E-state index in [4.69, 9.17) is 14.5 Å². The highest BCUT2D eigenvalue weighted by Gasteiger charge is 2.28. The van der Waals surface area contributed by atoms with Crippen LogP contribution in [0, 0.1) is 0 Å². The fourth-order valence-corrected chi connectivity index (χ4v) is 5.06. The summed E-state index contributed by atoms with van der Waals surface area (Å²) in [6.07, 6.45) is 1.38. The summed E-state index contributed by atoms with van der Waals surface area (Å²) in [6.45, 7) is 5.42. The molecule has 35 heavy (non-hydrogen) atoms. The molecule has 184 valence electrons. The van der Waals surface area contributed by atoms with Crippen molar-refractivity contribution in [3.05, 3.63) is 56.8 Å². The molecule has 12 heteroatoms. The van der Waals surface area contributed by atoms with Crippen LogP contribution in [-0.4, -0.2) is 40.5 Å². The van der Waals surface area contributed by atoms with Crippen molar-refractivity contribution >= 4 is 22.9 Å². The van der Waals surface area contributed by atoms with Gasteiger partial charge in [0.05, 0.1) is 5.75 Å². The van der Waals surface area contributed by atoms with Gasteiger partial charge in [-0.15, -0.1) is 10.2 Å². The van der Waals surface area contributed by atoms with Crippen molar-refractivity contribution in [2.75, 3.05) is 6.61 Å². The maximum atomic E-state index is 12.6. The van der Waals surface area contributed by atoms with E-state index in [9.17, 15) is 9.59 Å². The third-order valence-corrected chi connectivity index (χ3v) is 7.03. The van der Waals surface area contributed by atoms with Crippen LogP contribution in [0.1, 0.15) is 44.4 Å².